The summed E-state index contributed by atoms with van der Waals surface area (Å²) in [5.41, 5.74) is 3.36. The predicted molar refractivity (Wildman–Crippen MR) is 75.4 cm³/mol. The van der Waals surface area contributed by atoms with E-state index >= 15 is 0 Å². The van der Waals surface area contributed by atoms with Gasteiger partial charge in [-0.25, -0.2) is 5.84 Å². The summed E-state index contributed by atoms with van der Waals surface area (Å²) >= 11 is 1.46. The Bertz CT molecular complexity index is 541. The molecular weight excluding hydrogens is 260 g/mol. The highest BCUT2D eigenvalue weighted by atomic mass is 32.1. The molecule has 0 radical (unpaired) electrons. The summed E-state index contributed by atoms with van der Waals surface area (Å²) < 4.78 is 0. The van der Waals surface area contributed by atoms with Crippen LogP contribution in [0.2, 0.25) is 0 Å². The van der Waals surface area contributed by atoms with Crippen LogP contribution in [0.1, 0.15) is 20.1 Å². The maximum absolute atomic E-state index is 11.4. The minimum Gasteiger partial charge on any atom is -0.297 e. The summed E-state index contributed by atoms with van der Waals surface area (Å²) in [6.45, 7) is 1.64. The van der Waals surface area contributed by atoms with Crippen LogP contribution in [0.3, 0.4) is 0 Å². The molecule has 0 unspecified atom stereocenters. The van der Waals surface area contributed by atoms with Crippen molar-refractivity contribution >= 4 is 17.2 Å². The first-order chi connectivity index (χ1) is 9.19. The van der Waals surface area contributed by atoms with Crippen LogP contribution in [0, 0.1) is 0 Å². The van der Waals surface area contributed by atoms with E-state index in [1.807, 2.05) is 25.2 Å². The lowest BCUT2D eigenvalue weighted by Gasteiger charge is -2.15. The van der Waals surface area contributed by atoms with Crippen LogP contribution in [-0.4, -0.2) is 22.8 Å². The quantitative estimate of drug-likeness (QED) is 0.492. The molecule has 0 saturated carbocycles. The molecule has 0 aromatic carbocycles. The number of carbonyl (C=O) groups excluding carboxylic acids is 1. The Morgan fingerprint density at radius 1 is 1.32 bits per heavy atom. The number of rotatable bonds is 5. The van der Waals surface area contributed by atoms with E-state index in [9.17, 15) is 4.79 Å². The number of nitrogens with one attached hydrogen (secondary N) is 1. The van der Waals surface area contributed by atoms with Gasteiger partial charge in [0, 0.05) is 30.4 Å². The van der Waals surface area contributed by atoms with E-state index < -0.39 is 0 Å². The number of hydrogen-bond acceptors (Lipinski definition) is 5. The van der Waals surface area contributed by atoms with Crippen LogP contribution in [0.4, 0.5) is 0 Å². The van der Waals surface area contributed by atoms with Crippen LogP contribution in [0.15, 0.2) is 36.7 Å². The van der Waals surface area contributed by atoms with Gasteiger partial charge in [-0.3, -0.25) is 20.1 Å². The topological polar surface area (TPSA) is 71.2 Å². The van der Waals surface area contributed by atoms with Crippen molar-refractivity contribution in [3.63, 3.8) is 0 Å². The molecule has 0 aliphatic carbocycles. The molecule has 3 N–H and O–H groups in total. The van der Waals surface area contributed by atoms with E-state index in [-0.39, 0.29) is 5.91 Å². The van der Waals surface area contributed by atoms with Crippen LogP contribution >= 0.6 is 11.3 Å². The standard InChI is InChI=1S/C13H16N4OS/c1-17(8-10-4-6-15-7-5-10)9-11-2-3-12(19-11)13(18)16-14/h2-7H,8-9,14H2,1H3,(H,16,18). The average molecular weight is 276 g/mol. The predicted octanol–water partition coefficient (Wildman–Crippen LogP) is 1.38. The van der Waals surface area contributed by atoms with E-state index in [0.717, 1.165) is 18.0 Å². The van der Waals surface area contributed by atoms with Gasteiger partial charge >= 0.3 is 0 Å². The molecule has 2 aromatic heterocycles. The van der Waals surface area contributed by atoms with Crippen molar-refractivity contribution in [2.45, 2.75) is 13.1 Å². The van der Waals surface area contributed by atoms with Crippen molar-refractivity contribution < 1.29 is 4.79 Å². The number of nitrogen functional groups attached to an aromatic ring is 1. The Morgan fingerprint density at radius 3 is 2.74 bits per heavy atom. The zero-order chi connectivity index (χ0) is 13.7. The lowest BCUT2D eigenvalue weighted by molar-refractivity contribution is 0.0957. The van der Waals surface area contributed by atoms with Gasteiger partial charge in [-0.05, 0) is 36.9 Å². The molecule has 100 valence electrons. The Labute approximate surface area is 116 Å². The summed E-state index contributed by atoms with van der Waals surface area (Å²) in [6, 6.07) is 7.75. The van der Waals surface area contributed by atoms with Gasteiger partial charge in [-0.1, -0.05) is 0 Å². The van der Waals surface area contributed by atoms with Gasteiger partial charge in [0.25, 0.3) is 5.91 Å². The molecular formula is C13H16N4OS. The van der Waals surface area contributed by atoms with Crippen molar-refractivity contribution in [3.8, 4) is 0 Å². The van der Waals surface area contributed by atoms with Crippen molar-refractivity contribution in [1.82, 2.24) is 15.3 Å². The highest BCUT2D eigenvalue weighted by molar-refractivity contribution is 7.14. The number of aromatic nitrogens is 1. The molecule has 2 rings (SSSR count). The summed E-state index contributed by atoms with van der Waals surface area (Å²) in [4.78, 5) is 19.3. The van der Waals surface area contributed by atoms with Gasteiger partial charge in [-0.15, -0.1) is 11.3 Å². The number of carbonyl (C=O) groups is 1. The number of nitrogens with two attached hydrogens (primary N) is 1. The van der Waals surface area contributed by atoms with Crippen LogP contribution in [0.5, 0.6) is 0 Å². The number of nitrogens with zero attached hydrogens (tertiary/aromatic N) is 2. The molecule has 0 aliphatic heterocycles. The van der Waals surface area contributed by atoms with Crippen molar-refractivity contribution in [3.05, 3.63) is 52.0 Å². The van der Waals surface area contributed by atoms with Gasteiger partial charge in [0.1, 0.15) is 0 Å². The largest absolute Gasteiger partial charge is 0.297 e. The minimum absolute atomic E-state index is 0.243. The number of hydrogen-bond donors (Lipinski definition) is 2. The van der Waals surface area contributed by atoms with E-state index in [1.165, 1.54) is 16.9 Å². The molecule has 6 heteroatoms. The highest BCUT2D eigenvalue weighted by Crippen LogP contribution is 2.18. The third-order valence-corrected chi connectivity index (χ3v) is 3.71. The minimum atomic E-state index is -0.243. The Morgan fingerprint density at radius 2 is 2.05 bits per heavy atom. The molecule has 1 amide bonds. The Kier molecular flexibility index (Phi) is 4.62. The zero-order valence-corrected chi connectivity index (χ0v) is 11.5. The van der Waals surface area contributed by atoms with Crippen molar-refractivity contribution in [1.29, 1.82) is 0 Å². The number of hydrazine groups is 1. The Hall–Kier alpha value is -1.76. The van der Waals surface area contributed by atoms with Gasteiger partial charge < -0.3 is 0 Å². The summed E-state index contributed by atoms with van der Waals surface area (Å²) in [6.07, 6.45) is 3.58. The molecule has 0 spiro atoms. The second-order valence-corrected chi connectivity index (χ2v) is 5.44. The molecule has 2 aromatic rings. The summed E-state index contributed by atoms with van der Waals surface area (Å²) in [5, 5.41) is 0. The number of pyridine rings is 1. The normalized spacial score (nSPS) is 10.7. The molecule has 2 heterocycles. The SMILES string of the molecule is CN(Cc1ccncc1)Cc1ccc(C(=O)NN)s1. The van der Waals surface area contributed by atoms with Crippen molar-refractivity contribution in [2.75, 3.05) is 7.05 Å². The van der Waals surface area contributed by atoms with Gasteiger partial charge in [0.2, 0.25) is 0 Å². The fourth-order valence-corrected chi connectivity index (χ4v) is 2.77. The average Bonchev–Trinajstić information content (AvgIpc) is 2.87. The molecule has 5 nitrogen and oxygen atoms in total. The first-order valence-electron chi connectivity index (χ1n) is 5.86. The third kappa shape index (κ3) is 3.85. The van der Waals surface area contributed by atoms with Crippen LogP contribution in [0.25, 0.3) is 0 Å². The van der Waals surface area contributed by atoms with Crippen molar-refractivity contribution in [2.24, 2.45) is 5.84 Å². The molecule has 0 bridgehead atoms. The molecule has 0 aliphatic rings. The zero-order valence-electron chi connectivity index (χ0n) is 10.7. The fourth-order valence-electron chi connectivity index (χ4n) is 1.78. The molecule has 0 saturated heterocycles. The summed E-state index contributed by atoms with van der Waals surface area (Å²) in [7, 11) is 2.04. The van der Waals surface area contributed by atoms with E-state index in [4.69, 9.17) is 5.84 Å². The number of amides is 1. The molecule has 0 fully saturated rings. The van der Waals surface area contributed by atoms with Gasteiger partial charge in [0.15, 0.2) is 0 Å². The van der Waals surface area contributed by atoms with Gasteiger partial charge in [-0.2, -0.15) is 0 Å². The van der Waals surface area contributed by atoms with E-state index in [1.54, 1.807) is 18.5 Å². The first kappa shape index (κ1) is 13.7. The lowest BCUT2D eigenvalue weighted by Crippen LogP contribution is -2.29. The molecule has 19 heavy (non-hydrogen) atoms. The smallest absolute Gasteiger partial charge is 0.275 e. The van der Waals surface area contributed by atoms with E-state index in [0.29, 0.717) is 4.88 Å². The number of thiophene rings is 1. The Balaban J connectivity index is 1.94. The maximum Gasteiger partial charge on any atom is 0.275 e. The monoisotopic (exact) mass is 276 g/mol. The lowest BCUT2D eigenvalue weighted by atomic mass is 10.2. The van der Waals surface area contributed by atoms with Gasteiger partial charge in [0.05, 0.1) is 4.88 Å². The highest BCUT2D eigenvalue weighted by Gasteiger charge is 2.09. The maximum atomic E-state index is 11.4. The molecule has 0 atom stereocenters. The van der Waals surface area contributed by atoms with E-state index in [2.05, 4.69) is 15.3 Å². The summed E-state index contributed by atoms with van der Waals surface area (Å²) in [5.74, 6) is 4.86. The second kappa shape index (κ2) is 6.42. The fraction of sp³-hybridized carbons (Fsp3) is 0.231. The second-order valence-electron chi connectivity index (χ2n) is 4.27. The van der Waals surface area contributed by atoms with Crippen LogP contribution < -0.4 is 11.3 Å². The first-order valence-corrected chi connectivity index (χ1v) is 6.68. The third-order valence-electron chi connectivity index (χ3n) is 2.64. The van der Waals surface area contributed by atoms with Crippen LogP contribution in [-0.2, 0) is 13.1 Å².